The number of piperidine rings is 1. The first-order chi connectivity index (χ1) is 8.63. The molecule has 5 heteroatoms. The number of hydrogen-bond donors (Lipinski definition) is 2. The van der Waals surface area contributed by atoms with Gasteiger partial charge >= 0.3 is 0 Å². The van der Waals surface area contributed by atoms with Crippen molar-refractivity contribution in [3.63, 3.8) is 0 Å². The Labute approximate surface area is 111 Å². The molecule has 1 saturated heterocycles. The first-order valence-electron chi connectivity index (χ1n) is 6.25. The van der Waals surface area contributed by atoms with E-state index in [1.54, 1.807) is 6.07 Å². The second kappa shape index (κ2) is 5.76. The van der Waals surface area contributed by atoms with Gasteiger partial charge in [-0.1, -0.05) is 11.6 Å². The van der Waals surface area contributed by atoms with Crippen LogP contribution in [0.2, 0.25) is 5.02 Å². The van der Waals surface area contributed by atoms with Gasteiger partial charge in [0.25, 0.3) is 0 Å². The number of aliphatic hydroxyl groups is 1. The van der Waals surface area contributed by atoms with Gasteiger partial charge in [0, 0.05) is 25.3 Å². The van der Waals surface area contributed by atoms with Crippen LogP contribution in [-0.4, -0.2) is 24.3 Å². The Morgan fingerprint density at radius 1 is 1.44 bits per heavy atom. The normalized spacial score (nSPS) is 20.2. The highest BCUT2D eigenvalue weighted by Crippen LogP contribution is 2.34. The van der Waals surface area contributed by atoms with Crippen molar-refractivity contribution in [2.75, 3.05) is 23.8 Å². The zero-order valence-corrected chi connectivity index (χ0v) is 11.0. The fourth-order valence-corrected chi connectivity index (χ4v) is 2.73. The number of aliphatic hydroxyl groups excluding tert-OH is 1. The molecule has 1 unspecified atom stereocenters. The Balaban J connectivity index is 2.30. The summed E-state index contributed by atoms with van der Waals surface area (Å²) in [5, 5.41) is 9.20. The molecule has 100 valence electrons. The van der Waals surface area contributed by atoms with Crippen molar-refractivity contribution in [1.29, 1.82) is 0 Å². The van der Waals surface area contributed by atoms with E-state index in [2.05, 4.69) is 4.90 Å². The van der Waals surface area contributed by atoms with Crippen molar-refractivity contribution in [2.24, 2.45) is 0 Å². The lowest BCUT2D eigenvalue weighted by molar-refractivity contribution is 0.262. The molecule has 0 spiro atoms. The van der Waals surface area contributed by atoms with Crippen LogP contribution in [0.25, 0.3) is 0 Å². The predicted molar refractivity (Wildman–Crippen MR) is 72.5 cm³/mol. The summed E-state index contributed by atoms with van der Waals surface area (Å²) in [5.41, 5.74) is 7.06. The summed E-state index contributed by atoms with van der Waals surface area (Å²) in [4.78, 5) is 2.14. The average molecular weight is 273 g/mol. The van der Waals surface area contributed by atoms with Gasteiger partial charge in [-0.25, -0.2) is 4.39 Å². The molecule has 1 atom stereocenters. The summed E-state index contributed by atoms with van der Waals surface area (Å²) >= 11 is 5.82. The molecule has 0 aromatic heterocycles. The van der Waals surface area contributed by atoms with Gasteiger partial charge < -0.3 is 15.7 Å². The zero-order valence-electron chi connectivity index (χ0n) is 10.2. The fourth-order valence-electron chi connectivity index (χ4n) is 2.57. The third kappa shape index (κ3) is 2.70. The Kier molecular flexibility index (Phi) is 4.30. The van der Waals surface area contributed by atoms with E-state index in [1.807, 2.05) is 0 Å². The van der Waals surface area contributed by atoms with Crippen LogP contribution in [0, 0.1) is 5.82 Å². The van der Waals surface area contributed by atoms with Crippen molar-refractivity contribution < 1.29 is 9.50 Å². The molecule has 0 bridgehead atoms. The van der Waals surface area contributed by atoms with E-state index >= 15 is 0 Å². The molecular formula is C13H18ClFN2O. The number of nitrogen functional groups attached to an aromatic ring is 1. The molecule has 1 aliphatic rings. The summed E-state index contributed by atoms with van der Waals surface area (Å²) in [6, 6.07) is 3.11. The zero-order chi connectivity index (χ0) is 13.1. The first-order valence-corrected chi connectivity index (χ1v) is 6.63. The van der Waals surface area contributed by atoms with Crippen LogP contribution in [0.1, 0.15) is 25.7 Å². The standard InChI is InChI=1S/C13H18ClFN2O/c14-10-7-13(12(16)8-11(10)15)17-5-2-1-3-9(17)4-6-18/h7-9,18H,1-6,16H2. The second-order valence-electron chi connectivity index (χ2n) is 4.68. The topological polar surface area (TPSA) is 49.5 Å². The van der Waals surface area contributed by atoms with E-state index in [0.717, 1.165) is 31.5 Å². The third-order valence-corrected chi connectivity index (χ3v) is 3.76. The molecule has 1 aromatic carbocycles. The number of nitrogens with zero attached hydrogens (tertiary/aromatic N) is 1. The maximum Gasteiger partial charge on any atom is 0.143 e. The number of benzene rings is 1. The van der Waals surface area contributed by atoms with Crippen LogP contribution < -0.4 is 10.6 Å². The van der Waals surface area contributed by atoms with Crippen molar-refractivity contribution in [3.05, 3.63) is 23.0 Å². The number of halogens is 2. The largest absolute Gasteiger partial charge is 0.397 e. The van der Waals surface area contributed by atoms with Crippen LogP contribution in [0.5, 0.6) is 0 Å². The summed E-state index contributed by atoms with van der Waals surface area (Å²) in [5.74, 6) is -0.492. The number of anilines is 2. The molecule has 0 aliphatic carbocycles. The molecule has 3 N–H and O–H groups in total. The molecule has 1 heterocycles. The fraction of sp³-hybridized carbons (Fsp3) is 0.538. The lowest BCUT2D eigenvalue weighted by Gasteiger charge is -2.38. The quantitative estimate of drug-likeness (QED) is 0.832. The molecule has 0 radical (unpaired) electrons. The molecule has 18 heavy (non-hydrogen) atoms. The predicted octanol–water partition coefficient (Wildman–Crippen LogP) is 2.80. The van der Waals surface area contributed by atoms with Crippen LogP contribution >= 0.6 is 11.6 Å². The second-order valence-corrected chi connectivity index (χ2v) is 5.09. The highest BCUT2D eigenvalue weighted by Gasteiger charge is 2.24. The molecule has 1 aliphatic heterocycles. The summed E-state index contributed by atoms with van der Waals surface area (Å²) in [6.07, 6.45) is 3.95. The maximum absolute atomic E-state index is 13.3. The van der Waals surface area contributed by atoms with Crippen LogP contribution in [0.4, 0.5) is 15.8 Å². The number of hydrogen-bond acceptors (Lipinski definition) is 3. The van der Waals surface area contributed by atoms with Crippen molar-refractivity contribution in [3.8, 4) is 0 Å². The Bertz CT molecular complexity index is 426. The average Bonchev–Trinajstić information content (AvgIpc) is 2.35. The van der Waals surface area contributed by atoms with Crippen LogP contribution in [-0.2, 0) is 0 Å². The van der Waals surface area contributed by atoms with E-state index < -0.39 is 5.82 Å². The van der Waals surface area contributed by atoms with Crippen LogP contribution in [0.15, 0.2) is 12.1 Å². The minimum Gasteiger partial charge on any atom is -0.397 e. The minimum atomic E-state index is -0.492. The molecule has 2 rings (SSSR count). The van der Waals surface area contributed by atoms with E-state index in [1.165, 1.54) is 6.07 Å². The highest BCUT2D eigenvalue weighted by molar-refractivity contribution is 6.31. The van der Waals surface area contributed by atoms with Gasteiger partial charge in [-0.3, -0.25) is 0 Å². The Hall–Kier alpha value is -1.00. The molecule has 0 amide bonds. The van der Waals surface area contributed by atoms with Crippen molar-refractivity contribution in [2.45, 2.75) is 31.7 Å². The molecule has 1 fully saturated rings. The lowest BCUT2D eigenvalue weighted by atomic mass is 9.98. The number of nitrogens with two attached hydrogens (primary N) is 1. The van der Waals surface area contributed by atoms with Crippen LogP contribution in [0.3, 0.4) is 0 Å². The first kappa shape index (κ1) is 13.4. The van der Waals surface area contributed by atoms with Crippen molar-refractivity contribution in [1.82, 2.24) is 0 Å². The minimum absolute atomic E-state index is 0.0903. The van der Waals surface area contributed by atoms with Gasteiger partial charge in [-0.05, 0) is 31.7 Å². The van der Waals surface area contributed by atoms with Crippen molar-refractivity contribution >= 4 is 23.0 Å². The molecule has 1 aromatic rings. The monoisotopic (exact) mass is 272 g/mol. The number of rotatable bonds is 3. The lowest BCUT2D eigenvalue weighted by Crippen LogP contribution is -2.40. The van der Waals surface area contributed by atoms with Gasteiger partial charge in [0.2, 0.25) is 0 Å². The van der Waals surface area contributed by atoms with E-state index in [9.17, 15) is 4.39 Å². The van der Waals surface area contributed by atoms with Gasteiger partial charge in [-0.15, -0.1) is 0 Å². The highest BCUT2D eigenvalue weighted by atomic mass is 35.5. The third-order valence-electron chi connectivity index (χ3n) is 3.47. The SMILES string of the molecule is Nc1cc(F)c(Cl)cc1N1CCCCC1CCO. The molecule has 0 saturated carbocycles. The van der Waals surface area contributed by atoms with Gasteiger partial charge in [0.1, 0.15) is 5.82 Å². The van der Waals surface area contributed by atoms with E-state index in [4.69, 9.17) is 22.4 Å². The van der Waals surface area contributed by atoms with Gasteiger partial charge in [0.15, 0.2) is 0 Å². The Morgan fingerprint density at radius 2 is 2.22 bits per heavy atom. The summed E-state index contributed by atoms with van der Waals surface area (Å²) in [7, 11) is 0. The van der Waals surface area contributed by atoms with E-state index in [0.29, 0.717) is 12.1 Å². The molecular weight excluding hydrogens is 255 g/mol. The maximum atomic E-state index is 13.3. The van der Waals surface area contributed by atoms with Gasteiger partial charge in [-0.2, -0.15) is 0 Å². The van der Waals surface area contributed by atoms with E-state index in [-0.39, 0.29) is 17.7 Å². The molecule has 3 nitrogen and oxygen atoms in total. The Morgan fingerprint density at radius 3 is 2.94 bits per heavy atom. The summed E-state index contributed by atoms with van der Waals surface area (Å²) in [6.45, 7) is 1.02. The van der Waals surface area contributed by atoms with Gasteiger partial charge in [0.05, 0.1) is 16.4 Å². The summed E-state index contributed by atoms with van der Waals surface area (Å²) < 4.78 is 13.3. The smallest absolute Gasteiger partial charge is 0.143 e.